The number of carbonyl (C=O) groups excluding carboxylic acids is 3. The third-order valence-electron chi connectivity index (χ3n) is 5.21. The second kappa shape index (κ2) is 17.8. The summed E-state index contributed by atoms with van der Waals surface area (Å²) in [5.41, 5.74) is 16.5. The first-order chi connectivity index (χ1) is 16.8. The third kappa shape index (κ3) is 14.8. The van der Waals surface area contributed by atoms with Crippen LogP contribution in [-0.2, 0) is 19.2 Å². The molecule has 0 aromatic heterocycles. The van der Waals surface area contributed by atoms with Gasteiger partial charge in [-0.05, 0) is 55.9 Å². The molecular formula is C23H45N7O5S. The van der Waals surface area contributed by atoms with E-state index in [4.69, 9.17) is 17.2 Å². The molecule has 0 rings (SSSR count). The number of aliphatic carboxylic acids is 1. The maximum absolute atomic E-state index is 13.1. The van der Waals surface area contributed by atoms with Crippen LogP contribution in [0.4, 0.5) is 0 Å². The molecule has 208 valence electrons. The Hall–Kier alpha value is -2.54. The van der Waals surface area contributed by atoms with Crippen LogP contribution in [0, 0.1) is 11.8 Å². The first kappa shape index (κ1) is 33.5. The number of guanidine groups is 1. The lowest BCUT2D eigenvalue weighted by atomic mass is 9.99. The Labute approximate surface area is 218 Å². The molecule has 3 amide bonds. The van der Waals surface area contributed by atoms with E-state index in [0.29, 0.717) is 38.0 Å². The minimum absolute atomic E-state index is 0.0411. The van der Waals surface area contributed by atoms with Crippen LogP contribution in [0.5, 0.6) is 0 Å². The number of nitrogens with two attached hydrogens (primary N) is 3. The topological polar surface area (TPSA) is 215 Å². The maximum atomic E-state index is 13.1. The van der Waals surface area contributed by atoms with Crippen LogP contribution in [-0.4, -0.2) is 77.5 Å². The molecule has 0 fully saturated rings. The number of thioether (sulfide) groups is 1. The average molecular weight is 532 g/mol. The number of hydrogen-bond donors (Lipinski definition) is 7. The fourth-order valence-corrected chi connectivity index (χ4v) is 3.84. The Morgan fingerprint density at radius 3 is 1.72 bits per heavy atom. The number of carboxylic acids is 1. The highest BCUT2D eigenvalue weighted by atomic mass is 32.2. The highest BCUT2D eigenvalue weighted by molar-refractivity contribution is 7.98. The Morgan fingerprint density at radius 1 is 0.833 bits per heavy atom. The van der Waals surface area contributed by atoms with Crippen LogP contribution < -0.4 is 33.2 Å². The highest BCUT2D eigenvalue weighted by Crippen LogP contribution is 2.10. The van der Waals surface area contributed by atoms with Gasteiger partial charge in [-0.1, -0.05) is 27.7 Å². The van der Waals surface area contributed by atoms with E-state index in [1.165, 1.54) is 11.8 Å². The van der Waals surface area contributed by atoms with Crippen molar-refractivity contribution >= 4 is 41.4 Å². The van der Waals surface area contributed by atoms with Gasteiger partial charge in [0.15, 0.2) is 5.96 Å². The lowest BCUT2D eigenvalue weighted by molar-refractivity contribution is -0.142. The minimum atomic E-state index is -1.13. The number of carboxylic acid groups (broad SMARTS) is 1. The van der Waals surface area contributed by atoms with Crippen LogP contribution >= 0.6 is 11.8 Å². The van der Waals surface area contributed by atoms with Crippen molar-refractivity contribution in [1.29, 1.82) is 0 Å². The smallest absolute Gasteiger partial charge is 0.326 e. The van der Waals surface area contributed by atoms with Crippen molar-refractivity contribution in [2.45, 2.75) is 84.0 Å². The molecule has 4 atom stereocenters. The van der Waals surface area contributed by atoms with Gasteiger partial charge in [0, 0.05) is 6.54 Å². The molecule has 10 N–H and O–H groups in total. The van der Waals surface area contributed by atoms with Crippen LogP contribution in [0.25, 0.3) is 0 Å². The van der Waals surface area contributed by atoms with Crippen LogP contribution in [0.3, 0.4) is 0 Å². The average Bonchev–Trinajstić information content (AvgIpc) is 2.77. The lowest BCUT2D eigenvalue weighted by Crippen LogP contribution is -2.57. The van der Waals surface area contributed by atoms with Crippen molar-refractivity contribution in [3.05, 3.63) is 0 Å². The van der Waals surface area contributed by atoms with Gasteiger partial charge in [0.25, 0.3) is 0 Å². The summed E-state index contributed by atoms with van der Waals surface area (Å²) < 4.78 is 0. The zero-order valence-corrected chi connectivity index (χ0v) is 22.9. The maximum Gasteiger partial charge on any atom is 0.326 e. The Bertz CT molecular complexity index is 744. The van der Waals surface area contributed by atoms with Crippen molar-refractivity contribution in [3.8, 4) is 0 Å². The number of amides is 3. The monoisotopic (exact) mass is 531 g/mol. The number of nitrogens with one attached hydrogen (secondary N) is 3. The number of rotatable bonds is 18. The summed E-state index contributed by atoms with van der Waals surface area (Å²) in [5, 5.41) is 17.4. The van der Waals surface area contributed by atoms with Crippen LogP contribution in [0.15, 0.2) is 4.99 Å². The van der Waals surface area contributed by atoms with Crippen molar-refractivity contribution in [1.82, 2.24) is 16.0 Å². The molecule has 0 bridgehead atoms. The third-order valence-corrected chi connectivity index (χ3v) is 5.85. The highest BCUT2D eigenvalue weighted by Gasteiger charge is 2.31. The summed E-state index contributed by atoms with van der Waals surface area (Å²) in [6.07, 6.45) is 3.56. The van der Waals surface area contributed by atoms with Gasteiger partial charge in [-0.3, -0.25) is 19.4 Å². The molecular weight excluding hydrogens is 486 g/mol. The molecule has 0 spiro atoms. The van der Waals surface area contributed by atoms with E-state index in [0.717, 1.165) is 0 Å². The molecule has 0 saturated heterocycles. The van der Waals surface area contributed by atoms with E-state index in [2.05, 4.69) is 20.9 Å². The normalized spacial score (nSPS) is 14.4. The summed E-state index contributed by atoms with van der Waals surface area (Å²) in [7, 11) is 0. The quantitative estimate of drug-likeness (QED) is 0.0704. The second-order valence-electron chi connectivity index (χ2n) is 9.62. The zero-order valence-electron chi connectivity index (χ0n) is 22.1. The zero-order chi connectivity index (χ0) is 27.8. The number of nitrogens with zero attached hydrogens (tertiary/aromatic N) is 1. The molecule has 0 aliphatic rings. The molecule has 0 heterocycles. The molecule has 0 aromatic carbocycles. The molecule has 0 saturated carbocycles. The fourth-order valence-electron chi connectivity index (χ4n) is 3.37. The number of aliphatic imine (C=N–C) groups is 1. The summed E-state index contributed by atoms with van der Waals surface area (Å²) in [5.74, 6) is -2.09. The molecule has 0 aliphatic carbocycles. The molecule has 0 radical (unpaired) electrons. The van der Waals surface area contributed by atoms with Gasteiger partial charge >= 0.3 is 5.97 Å². The first-order valence-corrected chi connectivity index (χ1v) is 13.6. The molecule has 4 unspecified atom stereocenters. The van der Waals surface area contributed by atoms with Gasteiger partial charge in [0.2, 0.25) is 17.7 Å². The number of carbonyl (C=O) groups is 4. The van der Waals surface area contributed by atoms with E-state index < -0.39 is 47.9 Å². The molecule has 0 aromatic rings. The van der Waals surface area contributed by atoms with Gasteiger partial charge < -0.3 is 38.3 Å². The lowest BCUT2D eigenvalue weighted by Gasteiger charge is -2.26. The van der Waals surface area contributed by atoms with Crippen molar-refractivity contribution in [2.75, 3.05) is 18.6 Å². The Kier molecular flexibility index (Phi) is 16.6. The van der Waals surface area contributed by atoms with Crippen molar-refractivity contribution in [2.24, 2.45) is 34.0 Å². The second-order valence-corrected chi connectivity index (χ2v) is 10.6. The fraction of sp³-hybridized carbons (Fsp3) is 0.783. The van der Waals surface area contributed by atoms with Gasteiger partial charge in [0.05, 0.1) is 6.04 Å². The van der Waals surface area contributed by atoms with Gasteiger partial charge in [-0.2, -0.15) is 11.8 Å². The van der Waals surface area contributed by atoms with E-state index >= 15 is 0 Å². The van der Waals surface area contributed by atoms with Gasteiger partial charge in [0.1, 0.15) is 18.1 Å². The molecule has 36 heavy (non-hydrogen) atoms. The molecule has 13 heteroatoms. The standard InChI is InChI=1S/C23H45N7O5S/c1-13(2)11-17(29-19(31)15(24)7-6-9-27-23(25)26)21(33)30-18(12-14(3)4)20(32)28-16(22(34)35)8-10-36-5/h13-18H,6-12,24H2,1-5H3,(H,28,32)(H,29,31)(H,30,33)(H,34,35)(H4,25,26,27). The minimum Gasteiger partial charge on any atom is -0.480 e. The van der Waals surface area contributed by atoms with Crippen molar-refractivity contribution < 1.29 is 24.3 Å². The molecule has 12 nitrogen and oxygen atoms in total. The van der Waals surface area contributed by atoms with Crippen LogP contribution in [0.1, 0.15) is 59.8 Å². The van der Waals surface area contributed by atoms with E-state index in [9.17, 15) is 24.3 Å². The number of hydrogen-bond acceptors (Lipinski definition) is 7. The summed E-state index contributed by atoms with van der Waals surface area (Å²) in [6.45, 7) is 7.93. The summed E-state index contributed by atoms with van der Waals surface area (Å²) in [6, 6.07) is -3.77. The summed E-state index contributed by atoms with van der Waals surface area (Å²) in [4.78, 5) is 54.1. The van der Waals surface area contributed by atoms with Crippen LogP contribution in [0.2, 0.25) is 0 Å². The predicted molar refractivity (Wildman–Crippen MR) is 143 cm³/mol. The van der Waals surface area contributed by atoms with Crippen molar-refractivity contribution in [3.63, 3.8) is 0 Å². The first-order valence-electron chi connectivity index (χ1n) is 12.2. The largest absolute Gasteiger partial charge is 0.480 e. The van der Waals surface area contributed by atoms with Gasteiger partial charge in [-0.25, -0.2) is 4.79 Å². The van der Waals surface area contributed by atoms with E-state index in [-0.39, 0.29) is 24.2 Å². The van der Waals surface area contributed by atoms with E-state index in [1.807, 2.05) is 34.0 Å². The molecule has 0 aliphatic heterocycles. The Morgan fingerprint density at radius 2 is 1.31 bits per heavy atom. The van der Waals surface area contributed by atoms with E-state index in [1.54, 1.807) is 0 Å². The van der Waals surface area contributed by atoms with Gasteiger partial charge in [-0.15, -0.1) is 0 Å². The predicted octanol–water partition coefficient (Wildman–Crippen LogP) is -0.248. The SMILES string of the molecule is CSCCC(NC(=O)C(CC(C)C)NC(=O)C(CC(C)C)NC(=O)C(N)CCCN=C(N)N)C(=O)O. The Balaban J connectivity index is 5.37. The summed E-state index contributed by atoms with van der Waals surface area (Å²) >= 11 is 1.48.